The number of hydrogen-bond donors (Lipinski definition) is 2. The Bertz CT molecular complexity index is 461. The van der Waals surface area contributed by atoms with E-state index in [1.807, 2.05) is 18.2 Å². The molecule has 0 aliphatic rings. The van der Waals surface area contributed by atoms with Crippen molar-refractivity contribution in [2.45, 2.75) is 33.4 Å². The summed E-state index contributed by atoms with van der Waals surface area (Å²) in [4.78, 5) is 11.5. The van der Waals surface area contributed by atoms with Crippen LogP contribution < -0.4 is 20.1 Å². The quantitative estimate of drug-likeness (QED) is 0.769. The number of rotatable bonds is 8. The van der Waals surface area contributed by atoms with Gasteiger partial charge in [-0.2, -0.15) is 0 Å². The van der Waals surface area contributed by atoms with Crippen molar-refractivity contribution in [3.63, 3.8) is 0 Å². The lowest BCUT2D eigenvalue weighted by Gasteiger charge is -2.16. The molecule has 1 amide bonds. The lowest BCUT2D eigenvalue weighted by Crippen LogP contribution is -2.33. The zero-order valence-electron chi connectivity index (χ0n) is 13.5. The summed E-state index contributed by atoms with van der Waals surface area (Å²) in [5.41, 5.74) is 1.12. The third-order valence-electron chi connectivity index (χ3n) is 3.03. The number of amides is 1. The Morgan fingerprint density at radius 3 is 2.52 bits per heavy atom. The van der Waals surface area contributed by atoms with E-state index in [1.165, 1.54) is 0 Å². The van der Waals surface area contributed by atoms with E-state index < -0.39 is 6.10 Å². The predicted molar refractivity (Wildman–Crippen MR) is 83.7 cm³/mol. The number of carbonyl (C=O) groups is 1. The van der Waals surface area contributed by atoms with Gasteiger partial charge in [0.25, 0.3) is 5.91 Å². The van der Waals surface area contributed by atoms with Gasteiger partial charge in [0.2, 0.25) is 0 Å². The first-order valence-corrected chi connectivity index (χ1v) is 7.23. The molecule has 1 rings (SSSR count). The van der Waals surface area contributed by atoms with Gasteiger partial charge in [-0.25, -0.2) is 0 Å². The highest BCUT2D eigenvalue weighted by atomic mass is 16.5. The molecule has 0 radical (unpaired) electrons. The number of ether oxygens (including phenoxy) is 2. The highest BCUT2D eigenvalue weighted by molar-refractivity contribution is 5.80. The van der Waals surface area contributed by atoms with Crippen LogP contribution in [0.5, 0.6) is 11.5 Å². The molecule has 1 aromatic rings. The molecule has 0 aliphatic carbocycles. The molecule has 0 saturated heterocycles. The Hall–Kier alpha value is -1.75. The molecule has 1 unspecified atom stereocenters. The van der Waals surface area contributed by atoms with Gasteiger partial charge in [0.05, 0.1) is 7.11 Å². The second-order valence-electron chi connectivity index (χ2n) is 5.38. The molecule has 0 saturated carbocycles. The van der Waals surface area contributed by atoms with Crippen molar-refractivity contribution in [2.75, 3.05) is 20.7 Å². The van der Waals surface area contributed by atoms with Crippen molar-refractivity contribution in [2.24, 2.45) is 5.92 Å². The van der Waals surface area contributed by atoms with Crippen LogP contribution in [0.25, 0.3) is 0 Å². The highest BCUT2D eigenvalue weighted by Crippen LogP contribution is 2.29. The highest BCUT2D eigenvalue weighted by Gasteiger charge is 2.15. The third-order valence-corrected chi connectivity index (χ3v) is 3.03. The molecule has 5 heteroatoms. The zero-order valence-corrected chi connectivity index (χ0v) is 13.5. The van der Waals surface area contributed by atoms with E-state index in [4.69, 9.17) is 9.47 Å². The number of carbonyl (C=O) groups excluding carboxylic acids is 1. The van der Waals surface area contributed by atoms with Crippen LogP contribution in [0.4, 0.5) is 0 Å². The van der Waals surface area contributed by atoms with E-state index in [9.17, 15) is 4.79 Å². The van der Waals surface area contributed by atoms with Gasteiger partial charge in [0.15, 0.2) is 17.6 Å². The first-order valence-electron chi connectivity index (χ1n) is 7.23. The van der Waals surface area contributed by atoms with E-state index >= 15 is 0 Å². The van der Waals surface area contributed by atoms with E-state index in [1.54, 1.807) is 21.1 Å². The summed E-state index contributed by atoms with van der Waals surface area (Å²) in [7, 11) is 3.18. The minimum Gasteiger partial charge on any atom is -0.493 e. The number of hydrogen-bond acceptors (Lipinski definition) is 4. The van der Waals surface area contributed by atoms with Gasteiger partial charge >= 0.3 is 0 Å². The van der Waals surface area contributed by atoms with Gasteiger partial charge < -0.3 is 20.1 Å². The monoisotopic (exact) mass is 294 g/mol. The molecule has 0 bridgehead atoms. The summed E-state index contributed by atoms with van der Waals surface area (Å²) in [5.74, 6) is 1.65. The smallest absolute Gasteiger partial charge is 0.260 e. The lowest BCUT2D eigenvalue weighted by atomic mass is 10.1. The fourth-order valence-electron chi connectivity index (χ4n) is 1.87. The Morgan fingerprint density at radius 1 is 1.24 bits per heavy atom. The average molecular weight is 294 g/mol. The first kappa shape index (κ1) is 17.3. The molecule has 1 aromatic carbocycles. The standard InChI is InChI=1S/C16H26N2O3/c1-11(2)9-18-10-13-6-7-14(15(8-13)20-5)21-12(3)16(19)17-4/h6-8,11-12,18H,9-10H2,1-5H3,(H,17,19). The summed E-state index contributed by atoms with van der Waals surface area (Å²) in [6.07, 6.45) is -0.561. The van der Waals surface area contributed by atoms with Gasteiger partial charge in [-0.1, -0.05) is 19.9 Å². The summed E-state index contributed by atoms with van der Waals surface area (Å²) in [6.45, 7) is 7.79. The molecular weight excluding hydrogens is 268 g/mol. The average Bonchev–Trinajstić information content (AvgIpc) is 2.47. The van der Waals surface area contributed by atoms with Crippen LogP contribution in [0.1, 0.15) is 26.3 Å². The second kappa shape index (κ2) is 8.52. The van der Waals surface area contributed by atoms with E-state index in [0.717, 1.165) is 18.7 Å². The summed E-state index contributed by atoms with van der Waals surface area (Å²) in [5, 5.41) is 5.94. The molecule has 2 N–H and O–H groups in total. The molecule has 5 nitrogen and oxygen atoms in total. The molecular formula is C16H26N2O3. The molecule has 118 valence electrons. The SMILES string of the molecule is CNC(=O)C(C)Oc1ccc(CNCC(C)C)cc1OC. The third kappa shape index (κ3) is 5.63. The lowest BCUT2D eigenvalue weighted by molar-refractivity contribution is -0.126. The van der Waals surface area contributed by atoms with Crippen molar-refractivity contribution in [1.29, 1.82) is 0 Å². The van der Waals surface area contributed by atoms with E-state index in [0.29, 0.717) is 17.4 Å². The van der Waals surface area contributed by atoms with Gasteiger partial charge in [0.1, 0.15) is 0 Å². The maximum absolute atomic E-state index is 11.5. The van der Waals surface area contributed by atoms with Gasteiger partial charge in [-0.05, 0) is 37.1 Å². The number of nitrogens with one attached hydrogen (secondary N) is 2. The molecule has 0 spiro atoms. The normalized spacial score (nSPS) is 12.1. The Kier molecular flexibility index (Phi) is 7.02. The molecule has 21 heavy (non-hydrogen) atoms. The molecule has 0 aliphatic heterocycles. The van der Waals surface area contributed by atoms with Gasteiger partial charge in [-0.15, -0.1) is 0 Å². The van der Waals surface area contributed by atoms with Crippen molar-refractivity contribution >= 4 is 5.91 Å². The molecule has 0 heterocycles. The second-order valence-corrected chi connectivity index (χ2v) is 5.38. The zero-order chi connectivity index (χ0) is 15.8. The van der Waals surface area contributed by atoms with Crippen molar-refractivity contribution in [1.82, 2.24) is 10.6 Å². The van der Waals surface area contributed by atoms with Crippen LogP contribution >= 0.6 is 0 Å². The van der Waals surface area contributed by atoms with Crippen LogP contribution in [-0.4, -0.2) is 32.7 Å². The van der Waals surface area contributed by atoms with E-state index in [-0.39, 0.29) is 5.91 Å². The summed E-state index contributed by atoms with van der Waals surface area (Å²) in [6, 6.07) is 5.74. The van der Waals surface area contributed by atoms with E-state index in [2.05, 4.69) is 24.5 Å². The Labute approximate surface area is 127 Å². The Balaban J connectivity index is 2.72. The predicted octanol–water partition coefficient (Wildman–Crippen LogP) is 1.95. The fourth-order valence-corrected chi connectivity index (χ4v) is 1.87. The van der Waals surface area contributed by atoms with Crippen LogP contribution in [0.3, 0.4) is 0 Å². The Morgan fingerprint density at radius 2 is 1.95 bits per heavy atom. The minimum absolute atomic E-state index is 0.167. The van der Waals surface area contributed by atoms with Gasteiger partial charge in [0, 0.05) is 13.6 Å². The van der Waals surface area contributed by atoms with Crippen LogP contribution in [-0.2, 0) is 11.3 Å². The van der Waals surface area contributed by atoms with Crippen LogP contribution in [0, 0.1) is 5.92 Å². The van der Waals surface area contributed by atoms with Crippen molar-refractivity contribution in [3.8, 4) is 11.5 Å². The maximum atomic E-state index is 11.5. The van der Waals surface area contributed by atoms with Crippen LogP contribution in [0.15, 0.2) is 18.2 Å². The topological polar surface area (TPSA) is 59.6 Å². The van der Waals surface area contributed by atoms with Crippen molar-refractivity contribution in [3.05, 3.63) is 23.8 Å². The van der Waals surface area contributed by atoms with Crippen LogP contribution in [0.2, 0.25) is 0 Å². The first-order chi connectivity index (χ1) is 9.97. The number of methoxy groups -OCH3 is 1. The molecule has 0 fully saturated rings. The largest absolute Gasteiger partial charge is 0.493 e. The minimum atomic E-state index is -0.561. The summed E-state index contributed by atoms with van der Waals surface area (Å²) >= 11 is 0. The number of likely N-dealkylation sites (N-methyl/N-ethyl adjacent to an activating group) is 1. The van der Waals surface area contributed by atoms with Gasteiger partial charge in [-0.3, -0.25) is 4.79 Å². The maximum Gasteiger partial charge on any atom is 0.260 e. The molecule has 0 aromatic heterocycles. The van der Waals surface area contributed by atoms with Crippen molar-refractivity contribution < 1.29 is 14.3 Å². The fraction of sp³-hybridized carbons (Fsp3) is 0.562. The number of benzene rings is 1. The molecule has 1 atom stereocenters. The summed E-state index contributed by atoms with van der Waals surface area (Å²) < 4.78 is 11.0.